The van der Waals surface area contributed by atoms with Crippen LogP contribution in [0.15, 0.2) is 17.3 Å². The van der Waals surface area contributed by atoms with Crippen LogP contribution in [-0.2, 0) is 21.4 Å². The molecule has 0 aliphatic carbocycles. The average Bonchev–Trinajstić information content (AvgIpc) is 2.74. The van der Waals surface area contributed by atoms with Gasteiger partial charge in [-0.2, -0.15) is 9.40 Å². The molecule has 0 spiro atoms. The first-order valence-corrected chi connectivity index (χ1v) is 8.65. The van der Waals surface area contributed by atoms with Crippen LogP contribution < -0.4 is 0 Å². The highest BCUT2D eigenvalue weighted by atomic mass is 32.2. The van der Waals surface area contributed by atoms with Crippen molar-refractivity contribution in [3.05, 3.63) is 12.4 Å². The molecule has 1 unspecified atom stereocenters. The van der Waals surface area contributed by atoms with Gasteiger partial charge in [-0.25, -0.2) is 8.42 Å². The van der Waals surface area contributed by atoms with Crippen molar-refractivity contribution in [2.24, 2.45) is 0 Å². The van der Waals surface area contributed by atoms with Crippen LogP contribution in [0.5, 0.6) is 0 Å². The Morgan fingerprint density at radius 1 is 1.43 bits per heavy atom. The van der Waals surface area contributed by atoms with Gasteiger partial charge in [0.25, 0.3) is 0 Å². The van der Waals surface area contributed by atoms with E-state index in [1.165, 1.54) is 12.4 Å². The second kappa shape index (κ2) is 6.57. The number of carboxylic acid groups (broad SMARTS) is 1. The second-order valence-electron chi connectivity index (χ2n) is 5.29. The molecule has 1 aliphatic rings. The summed E-state index contributed by atoms with van der Waals surface area (Å²) in [4.78, 5) is 10.7. The third-order valence-corrected chi connectivity index (χ3v) is 5.71. The summed E-state index contributed by atoms with van der Waals surface area (Å²) in [6.07, 6.45) is 7.13. The lowest BCUT2D eigenvalue weighted by Crippen LogP contribution is -2.39. The lowest BCUT2D eigenvalue weighted by atomic mass is 10.1. The van der Waals surface area contributed by atoms with Crippen LogP contribution in [0.2, 0.25) is 0 Å². The minimum Gasteiger partial charge on any atom is -0.480 e. The molecular formula is C13H21N3O4S. The number of hydrogen-bond acceptors (Lipinski definition) is 4. The third kappa shape index (κ3) is 3.62. The quantitative estimate of drug-likeness (QED) is 0.884. The predicted molar refractivity (Wildman–Crippen MR) is 76.3 cm³/mol. The number of sulfonamides is 1. The SMILES string of the molecule is CCC1CCCCCN1S(=O)(=O)c1cnn(CC(=O)O)c1. The molecule has 2 heterocycles. The molecule has 1 aliphatic heterocycles. The number of carbonyl (C=O) groups is 1. The zero-order valence-corrected chi connectivity index (χ0v) is 12.9. The molecule has 1 fully saturated rings. The second-order valence-corrected chi connectivity index (χ2v) is 7.19. The van der Waals surface area contributed by atoms with Crippen molar-refractivity contribution in [3.63, 3.8) is 0 Å². The number of carboxylic acids is 1. The van der Waals surface area contributed by atoms with Crippen LogP contribution in [0.4, 0.5) is 0 Å². The van der Waals surface area contributed by atoms with E-state index >= 15 is 0 Å². The van der Waals surface area contributed by atoms with Crippen LogP contribution >= 0.6 is 0 Å². The van der Waals surface area contributed by atoms with E-state index in [0.29, 0.717) is 6.54 Å². The van der Waals surface area contributed by atoms with Crippen molar-refractivity contribution in [2.45, 2.75) is 56.5 Å². The number of rotatable bonds is 5. The van der Waals surface area contributed by atoms with Gasteiger partial charge in [0.15, 0.2) is 0 Å². The monoisotopic (exact) mass is 315 g/mol. The Balaban J connectivity index is 2.26. The van der Waals surface area contributed by atoms with E-state index in [9.17, 15) is 13.2 Å². The predicted octanol–water partition coefficient (Wildman–Crippen LogP) is 1.31. The molecule has 1 saturated heterocycles. The molecule has 1 aromatic heterocycles. The van der Waals surface area contributed by atoms with Crippen molar-refractivity contribution in [3.8, 4) is 0 Å². The van der Waals surface area contributed by atoms with Crippen molar-refractivity contribution in [1.29, 1.82) is 0 Å². The van der Waals surface area contributed by atoms with E-state index in [-0.39, 0.29) is 17.5 Å². The number of hydrogen-bond donors (Lipinski definition) is 1. The minimum atomic E-state index is -3.60. The first-order chi connectivity index (χ1) is 9.95. The standard InChI is InChI=1S/C13H21N3O4S/c1-2-11-6-4-3-5-7-16(11)21(19,20)12-8-14-15(9-12)10-13(17)18/h8-9,11H,2-7,10H2,1H3,(H,17,18). The van der Waals surface area contributed by atoms with E-state index in [4.69, 9.17) is 5.11 Å². The first kappa shape index (κ1) is 16.0. The normalized spacial score (nSPS) is 21.1. The topological polar surface area (TPSA) is 92.5 Å². The summed E-state index contributed by atoms with van der Waals surface area (Å²) in [6, 6.07) is 0.0142. The van der Waals surface area contributed by atoms with Crippen LogP contribution in [0.25, 0.3) is 0 Å². The molecule has 21 heavy (non-hydrogen) atoms. The summed E-state index contributed by atoms with van der Waals surface area (Å²) in [5.74, 6) is -1.05. The molecule has 0 aromatic carbocycles. The van der Waals surface area contributed by atoms with E-state index in [0.717, 1.165) is 36.8 Å². The molecular weight excluding hydrogens is 294 g/mol. The lowest BCUT2D eigenvalue weighted by Gasteiger charge is -2.27. The third-order valence-electron chi connectivity index (χ3n) is 3.81. The van der Waals surface area contributed by atoms with E-state index in [1.54, 1.807) is 4.31 Å². The summed E-state index contributed by atoms with van der Waals surface area (Å²) in [7, 11) is -3.60. The maximum absolute atomic E-state index is 12.7. The Kier molecular flexibility index (Phi) is 5.00. The van der Waals surface area contributed by atoms with E-state index < -0.39 is 16.0 Å². The Morgan fingerprint density at radius 2 is 2.19 bits per heavy atom. The molecule has 0 saturated carbocycles. The van der Waals surface area contributed by atoms with Crippen molar-refractivity contribution in [2.75, 3.05) is 6.54 Å². The van der Waals surface area contributed by atoms with Gasteiger partial charge in [0.2, 0.25) is 10.0 Å². The Hall–Kier alpha value is -1.41. The Bertz CT molecular complexity index is 596. The summed E-state index contributed by atoms with van der Waals surface area (Å²) in [5.41, 5.74) is 0. The minimum absolute atomic E-state index is 0.0142. The molecule has 1 aromatic rings. The molecule has 1 N–H and O–H groups in total. The highest BCUT2D eigenvalue weighted by Gasteiger charge is 2.32. The van der Waals surface area contributed by atoms with E-state index in [1.807, 2.05) is 6.92 Å². The molecule has 0 bridgehead atoms. The fourth-order valence-corrected chi connectivity index (χ4v) is 4.44. The summed E-state index contributed by atoms with van der Waals surface area (Å²) >= 11 is 0. The highest BCUT2D eigenvalue weighted by Crippen LogP contribution is 2.26. The Labute approximate surface area is 124 Å². The molecule has 2 rings (SSSR count). The summed E-state index contributed by atoms with van der Waals surface area (Å²) < 4.78 is 28.2. The van der Waals surface area contributed by atoms with Gasteiger partial charge >= 0.3 is 5.97 Å². The van der Waals surface area contributed by atoms with Crippen molar-refractivity contribution in [1.82, 2.24) is 14.1 Å². The maximum Gasteiger partial charge on any atom is 0.325 e. The van der Waals surface area contributed by atoms with Crippen molar-refractivity contribution >= 4 is 16.0 Å². The van der Waals surface area contributed by atoms with Crippen LogP contribution in [-0.4, -0.2) is 46.2 Å². The molecule has 0 radical (unpaired) electrons. The molecule has 1 atom stereocenters. The van der Waals surface area contributed by atoms with Gasteiger partial charge in [0, 0.05) is 18.8 Å². The largest absolute Gasteiger partial charge is 0.480 e. The number of aliphatic carboxylic acids is 1. The zero-order valence-electron chi connectivity index (χ0n) is 12.1. The van der Waals surface area contributed by atoms with E-state index in [2.05, 4.69) is 5.10 Å². The fourth-order valence-electron chi connectivity index (χ4n) is 2.71. The van der Waals surface area contributed by atoms with Crippen LogP contribution in [0, 0.1) is 0 Å². The fraction of sp³-hybridized carbons (Fsp3) is 0.692. The average molecular weight is 315 g/mol. The van der Waals surface area contributed by atoms with Crippen LogP contribution in [0.3, 0.4) is 0 Å². The number of aromatic nitrogens is 2. The van der Waals surface area contributed by atoms with Gasteiger partial charge in [-0.15, -0.1) is 0 Å². The highest BCUT2D eigenvalue weighted by molar-refractivity contribution is 7.89. The summed E-state index contributed by atoms with van der Waals surface area (Å²) in [5, 5.41) is 12.5. The van der Waals surface area contributed by atoms with Gasteiger partial charge in [-0.3, -0.25) is 9.48 Å². The lowest BCUT2D eigenvalue weighted by molar-refractivity contribution is -0.137. The summed E-state index contributed by atoms with van der Waals surface area (Å²) in [6.45, 7) is 2.17. The smallest absolute Gasteiger partial charge is 0.325 e. The van der Waals surface area contributed by atoms with Crippen LogP contribution in [0.1, 0.15) is 39.0 Å². The van der Waals surface area contributed by atoms with Gasteiger partial charge in [0.1, 0.15) is 11.4 Å². The molecule has 8 heteroatoms. The zero-order chi connectivity index (χ0) is 15.5. The molecule has 7 nitrogen and oxygen atoms in total. The first-order valence-electron chi connectivity index (χ1n) is 7.21. The maximum atomic E-state index is 12.7. The number of nitrogens with zero attached hydrogens (tertiary/aromatic N) is 3. The Morgan fingerprint density at radius 3 is 2.86 bits per heavy atom. The molecule has 118 valence electrons. The molecule has 0 amide bonds. The van der Waals surface area contributed by atoms with Gasteiger partial charge in [-0.05, 0) is 19.3 Å². The van der Waals surface area contributed by atoms with Gasteiger partial charge in [0.05, 0.1) is 6.20 Å². The van der Waals surface area contributed by atoms with Gasteiger partial charge < -0.3 is 5.11 Å². The van der Waals surface area contributed by atoms with Gasteiger partial charge in [-0.1, -0.05) is 19.8 Å². The van der Waals surface area contributed by atoms with Crippen molar-refractivity contribution < 1.29 is 18.3 Å².